The molecule has 184 valence electrons. The van der Waals surface area contributed by atoms with Crippen molar-refractivity contribution in [3.8, 4) is 0 Å². The lowest BCUT2D eigenvalue weighted by Crippen LogP contribution is -2.36. The van der Waals surface area contributed by atoms with E-state index in [9.17, 15) is 9.90 Å². The molecule has 0 amide bonds. The van der Waals surface area contributed by atoms with Crippen molar-refractivity contribution in [1.29, 1.82) is 0 Å². The van der Waals surface area contributed by atoms with Crippen LogP contribution in [0.4, 0.5) is 0 Å². The molecule has 2 aromatic rings. The van der Waals surface area contributed by atoms with Gasteiger partial charge < -0.3 is 14.4 Å². The van der Waals surface area contributed by atoms with Crippen molar-refractivity contribution in [2.45, 2.75) is 85.4 Å². The molecule has 5 nitrogen and oxygen atoms in total. The fourth-order valence-corrected chi connectivity index (χ4v) is 3.78. The van der Waals surface area contributed by atoms with Gasteiger partial charge in [-0.25, -0.2) is 0 Å². The second-order valence-electron chi connectivity index (χ2n) is 10.6. The first-order valence-electron chi connectivity index (χ1n) is 12.4. The monoisotopic (exact) mass is 456 g/mol. The summed E-state index contributed by atoms with van der Waals surface area (Å²) in [6.07, 6.45) is 3.64. The van der Waals surface area contributed by atoms with E-state index in [0.29, 0.717) is 18.9 Å². The van der Waals surface area contributed by atoms with Gasteiger partial charge >= 0.3 is 5.97 Å². The van der Waals surface area contributed by atoms with Crippen molar-refractivity contribution in [3.63, 3.8) is 0 Å². The Morgan fingerprint density at radius 1 is 1.15 bits per heavy atom. The fourth-order valence-electron chi connectivity index (χ4n) is 3.78. The third-order valence-electron chi connectivity index (χ3n) is 5.86. The molecule has 0 saturated heterocycles. The van der Waals surface area contributed by atoms with Gasteiger partial charge in [0.2, 0.25) is 0 Å². The molecule has 0 bridgehead atoms. The summed E-state index contributed by atoms with van der Waals surface area (Å²) in [6.45, 7) is 16.1. The largest absolute Gasteiger partial charge is 0.463 e. The number of carbonyl (C=O) groups excluding carboxylic acids is 1. The normalized spacial score (nSPS) is 13.0. The zero-order valence-electron chi connectivity index (χ0n) is 21.5. The number of rotatable bonds is 13. The van der Waals surface area contributed by atoms with Crippen molar-refractivity contribution < 1.29 is 14.6 Å². The Morgan fingerprint density at radius 2 is 1.85 bits per heavy atom. The van der Waals surface area contributed by atoms with Crippen LogP contribution in [0.2, 0.25) is 0 Å². The average Bonchev–Trinajstić information content (AvgIpc) is 3.17. The molecule has 1 heterocycles. The molecule has 1 unspecified atom stereocenters. The van der Waals surface area contributed by atoms with Crippen LogP contribution in [0.15, 0.2) is 42.6 Å². The van der Waals surface area contributed by atoms with E-state index in [2.05, 4.69) is 86.7 Å². The summed E-state index contributed by atoms with van der Waals surface area (Å²) in [4.78, 5) is 13.9. The van der Waals surface area contributed by atoms with Gasteiger partial charge in [-0.1, -0.05) is 65.8 Å². The van der Waals surface area contributed by atoms with Crippen LogP contribution in [0.25, 0.3) is 0 Å². The maximum Gasteiger partial charge on any atom is 0.305 e. The number of aliphatic hydroxyl groups excluding tert-OH is 1. The molecule has 2 rings (SSSR count). The lowest BCUT2D eigenvalue weighted by atomic mass is 9.87. The predicted octanol–water partition coefficient (Wildman–Crippen LogP) is 5.39. The molecule has 1 N–H and O–H groups in total. The van der Waals surface area contributed by atoms with Crippen LogP contribution in [0.5, 0.6) is 0 Å². The number of hydrogen-bond donors (Lipinski definition) is 1. The highest BCUT2D eigenvalue weighted by molar-refractivity contribution is 5.69. The van der Waals surface area contributed by atoms with E-state index in [0.717, 1.165) is 32.5 Å². The molecule has 0 spiro atoms. The molecular weight excluding hydrogens is 412 g/mol. The molecule has 5 heteroatoms. The highest BCUT2D eigenvalue weighted by atomic mass is 16.5. The zero-order chi connectivity index (χ0) is 24.4. The minimum Gasteiger partial charge on any atom is -0.463 e. The van der Waals surface area contributed by atoms with Gasteiger partial charge in [0.15, 0.2) is 0 Å². The minimum absolute atomic E-state index is 0.0537. The lowest BCUT2D eigenvalue weighted by molar-refractivity contribution is -0.147. The van der Waals surface area contributed by atoms with Crippen molar-refractivity contribution in [2.24, 2.45) is 5.92 Å². The summed E-state index contributed by atoms with van der Waals surface area (Å²) >= 11 is 0. The van der Waals surface area contributed by atoms with Gasteiger partial charge in [-0.2, -0.15) is 0 Å². The Morgan fingerprint density at radius 3 is 2.45 bits per heavy atom. The standard InChI is InChI=1S/C28H44N2O3/c1-7-9-27(32)33-21-26(31)20-29(17-15-22(2)3)19-25-10-8-16-30(25)18-23-11-13-24(14-12-23)28(4,5)6/h8,10-14,16,22,26,31H,7,9,15,17-21H2,1-6H3. The summed E-state index contributed by atoms with van der Waals surface area (Å²) in [5.41, 5.74) is 3.98. The van der Waals surface area contributed by atoms with Gasteiger partial charge in [0.05, 0.1) is 0 Å². The number of esters is 1. The van der Waals surface area contributed by atoms with Crippen LogP contribution in [-0.2, 0) is 28.0 Å². The molecule has 0 radical (unpaired) electrons. The number of hydrogen-bond acceptors (Lipinski definition) is 4. The van der Waals surface area contributed by atoms with Gasteiger partial charge in [0.25, 0.3) is 0 Å². The van der Waals surface area contributed by atoms with Gasteiger partial charge in [0.1, 0.15) is 12.7 Å². The van der Waals surface area contributed by atoms with Crippen LogP contribution in [0.1, 0.15) is 77.6 Å². The van der Waals surface area contributed by atoms with Crippen LogP contribution >= 0.6 is 0 Å². The van der Waals surface area contributed by atoms with E-state index in [-0.39, 0.29) is 18.0 Å². The molecule has 1 atom stereocenters. The second-order valence-corrected chi connectivity index (χ2v) is 10.6. The van der Waals surface area contributed by atoms with E-state index in [1.165, 1.54) is 16.8 Å². The summed E-state index contributed by atoms with van der Waals surface area (Å²) < 4.78 is 7.50. The van der Waals surface area contributed by atoms with Crippen molar-refractivity contribution >= 4 is 5.97 Å². The Kier molecular flexibility index (Phi) is 10.6. The Bertz CT molecular complexity index is 834. The van der Waals surface area contributed by atoms with Crippen molar-refractivity contribution in [3.05, 3.63) is 59.4 Å². The summed E-state index contributed by atoms with van der Waals surface area (Å²) in [5, 5.41) is 10.5. The quantitative estimate of drug-likeness (QED) is 0.411. The molecule has 0 aliphatic rings. The number of nitrogens with zero attached hydrogens (tertiary/aromatic N) is 2. The number of carbonyl (C=O) groups is 1. The number of aromatic nitrogens is 1. The first-order chi connectivity index (χ1) is 15.6. The van der Waals surface area contributed by atoms with Gasteiger partial charge in [0, 0.05) is 37.9 Å². The number of ether oxygens (including phenoxy) is 1. The minimum atomic E-state index is -0.689. The summed E-state index contributed by atoms with van der Waals surface area (Å²) in [7, 11) is 0. The number of benzene rings is 1. The van der Waals surface area contributed by atoms with Crippen molar-refractivity contribution in [1.82, 2.24) is 9.47 Å². The van der Waals surface area contributed by atoms with Crippen LogP contribution in [0, 0.1) is 5.92 Å². The molecule has 0 saturated carbocycles. The highest BCUT2D eigenvalue weighted by Crippen LogP contribution is 2.22. The molecule has 1 aromatic carbocycles. The molecule has 0 aliphatic carbocycles. The zero-order valence-corrected chi connectivity index (χ0v) is 21.5. The molecule has 0 aliphatic heterocycles. The van der Waals surface area contributed by atoms with E-state index in [1.54, 1.807) is 0 Å². The van der Waals surface area contributed by atoms with Gasteiger partial charge in [-0.05, 0) is 54.0 Å². The van der Waals surface area contributed by atoms with E-state index < -0.39 is 6.10 Å². The van der Waals surface area contributed by atoms with E-state index >= 15 is 0 Å². The fraction of sp³-hybridized carbons (Fsp3) is 0.607. The van der Waals surface area contributed by atoms with Crippen LogP contribution < -0.4 is 0 Å². The van der Waals surface area contributed by atoms with Crippen LogP contribution in [0.3, 0.4) is 0 Å². The second kappa shape index (κ2) is 13.0. The Balaban J connectivity index is 2.03. The first kappa shape index (κ1) is 27.1. The van der Waals surface area contributed by atoms with Gasteiger partial charge in [-0.15, -0.1) is 0 Å². The maximum absolute atomic E-state index is 11.6. The predicted molar refractivity (Wildman–Crippen MR) is 135 cm³/mol. The Hall–Kier alpha value is -2.11. The SMILES string of the molecule is CCCC(=O)OCC(O)CN(CCC(C)C)Cc1cccn1Cc1ccc(C(C)(C)C)cc1. The number of aliphatic hydroxyl groups is 1. The smallest absolute Gasteiger partial charge is 0.305 e. The third-order valence-corrected chi connectivity index (χ3v) is 5.86. The molecule has 1 aromatic heterocycles. The Labute approximate surface area is 200 Å². The lowest BCUT2D eigenvalue weighted by Gasteiger charge is -2.26. The summed E-state index contributed by atoms with van der Waals surface area (Å²) in [5.74, 6) is 0.344. The van der Waals surface area contributed by atoms with Gasteiger partial charge in [-0.3, -0.25) is 9.69 Å². The summed E-state index contributed by atoms with van der Waals surface area (Å²) in [6, 6.07) is 13.1. The third kappa shape index (κ3) is 9.73. The molecule has 33 heavy (non-hydrogen) atoms. The molecule has 0 fully saturated rings. The van der Waals surface area contributed by atoms with E-state index in [1.807, 2.05) is 6.92 Å². The topological polar surface area (TPSA) is 54.7 Å². The molecular formula is C28H44N2O3. The maximum atomic E-state index is 11.6. The average molecular weight is 457 g/mol. The highest BCUT2D eigenvalue weighted by Gasteiger charge is 2.17. The van der Waals surface area contributed by atoms with E-state index in [4.69, 9.17) is 4.74 Å². The first-order valence-corrected chi connectivity index (χ1v) is 12.4. The van der Waals surface area contributed by atoms with Crippen LogP contribution in [-0.4, -0.2) is 46.3 Å². The van der Waals surface area contributed by atoms with Crippen molar-refractivity contribution in [2.75, 3.05) is 19.7 Å².